The second-order valence-electron chi connectivity index (χ2n) is 4.47. The van der Waals surface area contributed by atoms with Crippen LogP contribution in [0.5, 0.6) is 0 Å². The molecule has 0 bridgehead atoms. The summed E-state index contributed by atoms with van der Waals surface area (Å²) in [6, 6.07) is 5.33. The third-order valence-corrected chi connectivity index (χ3v) is 5.04. The van der Waals surface area contributed by atoms with Crippen LogP contribution in [0.25, 0.3) is 10.6 Å². The first-order valence-electron chi connectivity index (χ1n) is 6.14. The van der Waals surface area contributed by atoms with E-state index in [-0.39, 0.29) is 0 Å². The minimum absolute atomic E-state index is 0.593. The molecular formula is C14H11Cl2N3S2. The molecule has 21 heavy (non-hydrogen) atoms. The molecule has 108 valence electrons. The van der Waals surface area contributed by atoms with E-state index in [0.717, 1.165) is 32.1 Å². The molecule has 3 rings (SSSR count). The van der Waals surface area contributed by atoms with Gasteiger partial charge in [0, 0.05) is 21.1 Å². The Morgan fingerprint density at radius 1 is 1.05 bits per heavy atom. The molecule has 1 N–H and O–H groups in total. The van der Waals surface area contributed by atoms with Gasteiger partial charge in [0.05, 0.1) is 21.3 Å². The Balaban J connectivity index is 1.87. The fraction of sp³-hybridized carbons (Fsp3) is 0.143. The van der Waals surface area contributed by atoms with Gasteiger partial charge >= 0.3 is 0 Å². The van der Waals surface area contributed by atoms with Crippen molar-refractivity contribution >= 4 is 56.7 Å². The smallest absolute Gasteiger partial charge is 0.187 e. The molecule has 3 aromatic rings. The number of aryl methyl sites for hydroxylation is 2. The summed E-state index contributed by atoms with van der Waals surface area (Å²) in [5.41, 5.74) is 2.78. The molecule has 0 radical (unpaired) electrons. The molecule has 0 fully saturated rings. The van der Waals surface area contributed by atoms with Gasteiger partial charge in [-0.1, -0.05) is 23.2 Å². The zero-order valence-corrected chi connectivity index (χ0v) is 14.4. The van der Waals surface area contributed by atoms with E-state index < -0.39 is 0 Å². The number of nitrogens with one attached hydrogen (secondary N) is 1. The summed E-state index contributed by atoms with van der Waals surface area (Å²) in [4.78, 5) is 10.1. The molecule has 0 amide bonds. The van der Waals surface area contributed by atoms with Crippen LogP contribution in [0.15, 0.2) is 23.6 Å². The molecule has 0 spiro atoms. The zero-order valence-electron chi connectivity index (χ0n) is 11.3. The first-order chi connectivity index (χ1) is 10.0. The lowest BCUT2D eigenvalue weighted by Crippen LogP contribution is -1.89. The van der Waals surface area contributed by atoms with Crippen LogP contribution in [0.3, 0.4) is 0 Å². The Morgan fingerprint density at radius 3 is 2.38 bits per heavy atom. The average Bonchev–Trinajstić information content (AvgIpc) is 2.94. The van der Waals surface area contributed by atoms with Crippen molar-refractivity contribution < 1.29 is 0 Å². The molecule has 0 saturated heterocycles. The SMILES string of the molecule is Cc1nc(C)c(-c2csc(Nc3cc(Cl)cc(Cl)c3)n2)s1. The molecule has 0 aliphatic rings. The Hall–Kier alpha value is -1.14. The van der Waals surface area contributed by atoms with E-state index in [2.05, 4.69) is 15.3 Å². The largest absolute Gasteiger partial charge is 0.331 e. The average molecular weight is 356 g/mol. The zero-order chi connectivity index (χ0) is 15.0. The van der Waals surface area contributed by atoms with Crippen molar-refractivity contribution in [1.82, 2.24) is 9.97 Å². The first-order valence-corrected chi connectivity index (χ1v) is 8.59. The summed E-state index contributed by atoms with van der Waals surface area (Å²) in [5, 5.41) is 8.28. The van der Waals surface area contributed by atoms with E-state index >= 15 is 0 Å². The molecule has 0 saturated carbocycles. The minimum atomic E-state index is 0.593. The monoisotopic (exact) mass is 355 g/mol. The summed E-state index contributed by atoms with van der Waals surface area (Å²) in [5.74, 6) is 0. The number of thiazole rings is 2. The van der Waals surface area contributed by atoms with Crippen molar-refractivity contribution in [1.29, 1.82) is 0 Å². The van der Waals surface area contributed by atoms with Crippen LogP contribution in [-0.2, 0) is 0 Å². The Labute approximate surface area is 140 Å². The fourth-order valence-electron chi connectivity index (χ4n) is 1.95. The molecule has 0 unspecified atom stereocenters. The molecule has 2 aromatic heterocycles. The highest BCUT2D eigenvalue weighted by Crippen LogP contribution is 2.33. The number of hydrogen-bond acceptors (Lipinski definition) is 5. The van der Waals surface area contributed by atoms with Crippen molar-refractivity contribution in [3.05, 3.63) is 44.3 Å². The lowest BCUT2D eigenvalue weighted by Gasteiger charge is -2.03. The number of hydrogen-bond donors (Lipinski definition) is 1. The van der Waals surface area contributed by atoms with Gasteiger partial charge < -0.3 is 5.32 Å². The van der Waals surface area contributed by atoms with E-state index in [9.17, 15) is 0 Å². The summed E-state index contributed by atoms with van der Waals surface area (Å²) in [6.45, 7) is 4.00. The van der Waals surface area contributed by atoms with Crippen molar-refractivity contribution in [2.45, 2.75) is 13.8 Å². The topological polar surface area (TPSA) is 37.8 Å². The van der Waals surface area contributed by atoms with E-state index in [4.69, 9.17) is 23.2 Å². The van der Waals surface area contributed by atoms with Crippen LogP contribution in [0, 0.1) is 13.8 Å². The Morgan fingerprint density at radius 2 is 1.76 bits per heavy atom. The molecule has 2 heterocycles. The highest BCUT2D eigenvalue weighted by atomic mass is 35.5. The first kappa shape index (κ1) is 14.8. The third-order valence-electron chi connectivity index (χ3n) is 2.75. The van der Waals surface area contributed by atoms with Crippen LogP contribution >= 0.6 is 45.9 Å². The lowest BCUT2D eigenvalue weighted by atomic mass is 10.3. The van der Waals surface area contributed by atoms with Crippen molar-refractivity contribution in [3.8, 4) is 10.6 Å². The maximum absolute atomic E-state index is 5.99. The predicted octanol–water partition coefficient (Wildman–Crippen LogP) is 5.93. The van der Waals surface area contributed by atoms with Gasteiger partial charge in [-0.25, -0.2) is 9.97 Å². The Bertz CT molecular complexity index is 775. The van der Waals surface area contributed by atoms with Crippen molar-refractivity contribution in [3.63, 3.8) is 0 Å². The van der Waals surface area contributed by atoms with Crippen LogP contribution in [0.1, 0.15) is 10.7 Å². The molecule has 0 atom stereocenters. The normalized spacial score (nSPS) is 10.9. The number of aromatic nitrogens is 2. The third kappa shape index (κ3) is 3.37. The van der Waals surface area contributed by atoms with Crippen LogP contribution in [0.2, 0.25) is 10.0 Å². The van der Waals surface area contributed by atoms with Gasteiger partial charge in [0.2, 0.25) is 0 Å². The molecule has 3 nitrogen and oxygen atoms in total. The second kappa shape index (κ2) is 5.93. The second-order valence-corrected chi connectivity index (χ2v) is 7.40. The highest BCUT2D eigenvalue weighted by Gasteiger charge is 2.11. The van der Waals surface area contributed by atoms with E-state index in [0.29, 0.717) is 10.0 Å². The van der Waals surface area contributed by atoms with Gasteiger partial charge in [-0.05, 0) is 32.0 Å². The molecule has 0 aliphatic carbocycles. The fourth-order valence-corrected chi connectivity index (χ4v) is 4.16. The van der Waals surface area contributed by atoms with Crippen molar-refractivity contribution in [2.75, 3.05) is 5.32 Å². The quantitative estimate of drug-likeness (QED) is 0.632. The number of rotatable bonds is 3. The molecule has 0 aliphatic heterocycles. The standard InChI is InChI=1S/C14H11Cl2N3S2/c1-7-13(21-8(2)17-7)12-6-20-14(19-12)18-11-4-9(15)3-10(16)5-11/h3-6H,1-2H3,(H,18,19). The number of nitrogens with zero attached hydrogens (tertiary/aromatic N) is 2. The van der Waals surface area contributed by atoms with Gasteiger partial charge in [-0.15, -0.1) is 22.7 Å². The summed E-state index contributed by atoms with van der Waals surface area (Å²) in [7, 11) is 0. The minimum Gasteiger partial charge on any atom is -0.331 e. The van der Waals surface area contributed by atoms with Gasteiger partial charge in [0.15, 0.2) is 5.13 Å². The lowest BCUT2D eigenvalue weighted by molar-refractivity contribution is 1.20. The number of anilines is 2. The van der Waals surface area contributed by atoms with E-state index in [1.54, 1.807) is 17.4 Å². The molecular weight excluding hydrogens is 345 g/mol. The van der Waals surface area contributed by atoms with Crippen LogP contribution in [-0.4, -0.2) is 9.97 Å². The van der Waals surface area contributed by atoms with Gasteiger partial charge in [-0.2, -0.15) is 0 Å². The molecule has 7 heteroatoms. The maximum atomic E-state index is 5.99. The summed E-state index contributed by atoms with van der Waals surface area (Å²) >= 11 is 15.2. The van der Waals surface area contributed by atoms with Crippen LogP contribution in [0.4, 0.5) is 10.8 Å². The van der Waals surface area contributed by atoms with Gasteiger partial charge in [-0.3, -0.25) is 0 Å². The predicted molar refractivity (Wildman–Crippen MR) is 92.4 cm³/mol. The van der Waals surface area contributed by atoms with Gasteiger partial charge in [0.1, 0.15) is 0 Å². The Kier molecular flexibility index (Phi) is 4.17. The summed E-state index contributed by atoms with van der Waals surface area (Å²) in [6.07, 6.45) is 0. The van der Waals surface area contributed by atoms with Gasteiger partial charge in [0.25, 0.3) is 0 Å². The maximum Gasteiger partial charge on any atom is 0.187 e. The number of benzene rings is 1. The molecule has 1 aromatic carbocycles. The van der Waals surface area contributed by atoms with Crippen molar-refractivity contribution in [2.24, 2.45) is 0 Å². The summed E-state index contributed by atoms with van der Waals surface area (Å²) < 4.78 is 0. The highest BCUT2D eigenvalue weighted by molar-refractivity contribution is 7.16. The van der Waals surface area contributed by atoms with E-state index in [1.165, 1.54) is 11.3 Å². The van der Waals surface area contributed by atoms with E-state index in [1.807, 2.05) is 31.4 Å². The van der Waals surface area contributed by atoms with Crippen LogP contribution < -0.4 is 5.32 Å². The number of halogens is 2.